The third kappa shape index (κ3) is 4.85. The van der Waals surface area contributed by atoms with E-state index in [2.05, 4.69) is 62.2 Å². The minimum atomic E-state index is 0.105. The van der Waals surface area contributed by atoms with Crippen molar-refractivity contribution in [1.82, 2.24) is 25.2 Å². The molecule has 5 heterocycles. The molecule has 3 aromatic rings. The van der Waals surface area contributed by atoms with Crippen LogP contribution in [0.5, 0.6) is 0 Å². The average Bonchev–Trinajstić information content (AvgIpc) is 2.92. The lowest BCUT2D eigenvalue weighted by Gasteiger charge is -2.42. The number of fused-ring (bicyclic) bond motifs is 2. The van der Waals surface area contributed by atoms with Crippen LogP contribution in [-0.2, 0) is 11.2 Å². The first-order valence-electron chi connectivity index (χ1n) is 13.3. The fraction of sp³-hybridized carbons (Fsp3) is 0.500. The monoisotopic (exact) mass is 498 g/mol. The maximum atomic E-state index is 9.49. The lowest BCUT2D eigenvalue weighted by molar-refractivity contribution is -0.0327. The second-order valence-electron chi connectivity index (χ2n) is 10.4. The first-order valence-corrected chi connectivity index (χ1v) is 13.3. The van der Waals surface area contributed by atoms with E-state index in [0.717, 1.165) is 75.8 Å². The molecule has 9 heteroatoms. The maximum Gasteiger partial charge on any atom is 0.128 e. The number of nitriles is 1. The zero-order valence-electron chi connectivity index (χ0n) is 21.6. The Morgan fingerprint density at radius 1 is 1.03 bits per heavy atom. The molecule has 0 spiro atoms. The Kier molecular flexibility index (Phi) is 6.63. The smallest absolute Gasteiger partial charge is 0.128 e. The number of benzene rings is 1. The van der Waals surface area contributed by atoms with Crippen molar-refractivity contribution in [3.63, 3.8) is 0 Å². The van der Waals surface area contributed by atoms with Gasteiger partial charge in [-0.05, 0) is 56.1 Å². The molecule has 0 saturated carbocycles. The number of morpholine rings is 1. The Morgan fingerprint density at radius 3 is 2.65 bits per heavy atom. The standard InChI is InChI=1S/C28H34N8O/c1-19-16-36(25-4-3-22(14-29)27-28(25)32-8-7-31-27)18-23(37-19)17-34-9-11-35(12-10-34)26-13-21-5-6-30-20(2)24(21)15-33-26/h3-4,7-8,13,15,19-20,23,30H,5-6,9-12,16-18H2,1-2H3/t19-,20+,23+/m1/s1. The number of hydrogen-bond acceptors (Lipinski definition) is 9. The second kappa shape index (κ2) is 10.2. The van der Waals surface area contributed by atoms with Gasteiger partial charge in [-0.25, -0.2) is 4.98 Å². The summed E-state index contributed by atoms with van der Waals surface area (Å²) in [4.78, 5) is 21.1. The highest BCUT2D eigenvalue weighted by Crippen LogP contribution is 2.29. The Balaban J connectivity index is 1.11. The van der Waals surface area contributed by atoms with Gasteiger partial charge in [-0.15, -0.1) is 0 Å². The summed E-state index contributed by atoms with van der Waals surface area (Å²) in [5.74, 6) is 1.11. The highest BCUT2D eigenvalue weighted by atomic mass is 16.5. The SMILES string of the molecule is C[C@@H]1CN(c2ccc(C#N)c3nccnc23)C[C@H](CN2CCN(c3cc4c(cn3)[C@H](C)NCC4)CC2)O1. The van der Waals surface area contributed by atoms with Gasteiger partial charge in [0, 0.05) is 70.4 Å². The number of pyridine rings is 1. The number of hydrogen-bond donors (Lipinski definition) is 1. The molecule has 0 bridgehead atoms. The molecule has 3 aliphatic rings. The molecule has 2 saturated heterocycles. The first kappa shape index (κ1) is 24.0. The molecule has 0 aliphatic carbocycles. The van der Waals surface area contributed by atoms with Gasteiger partial charge >= 0.3 is 0 Å². The van der Waals surface area contributed by atoms with Crippen molar-refractivity contribution in [3.05, 3.63) is 53.5 Å². The number of rotatable bonds is 4. The number of ether oxygens (including phenoxy) is 1. The van der Waals surface area contributed by atoms with Crippen molar-refractivity contribution >= 4 is 22.5 Å². The van der Waals surface area contributed by atoms with Crippen LogP contribution in [0.1, 0.15) is 36.6 Å². The van der Waals surface area contributed by atoms with Crippen molar-refractivity contribution in [1.29, 1.82) is 5.26 Å². The molecule has 37 heavy (non-hydrogen) atoms. The van der Waals surface area contributed by atoms with Crippen molar-refractivity contribution < 1.29 is 4.74 Å². The highest BCUT2D eigenvalue weighted by Gasteiger charge is 2.30. The number of anilines is 2. The van der Waals surface area contributed by atoms with E-state index in [9.17, 15) is 5.26 Å². The van der Waals surface area contributed by atoms with E-state index in [1.807, 2.05) is 12.1 Å². The van der Waals surface area contributed by atoms with E-state index in [-0.39, 0.29) is 12.2 Å². The highest BCUT2D eigenvalue weighted by molar-refractivity contribution is 5.92. The average molecular weight is 499 g/mol. The van der Waals surface area contributed by atoms with Crippen LogP contribution in [0.3, 0.4) is 0 Å². The van der Waals surface area contributed by atoms with E-state index in [0.29, 0.717) is 17.1 Å². The Labute approximate surface area is 218 Å². The van der Waals surface area contributed by atoms with Crippen LogP contribution in [0.2, 0.25) is 0 Å². The molecule has 2 aromatic heterocycles. The van der Waals surface area contributed by atoms with Crippen molar-refractivity contribution in [2.75, 3.05) is 62.2 Å². The van der Waals surface area contributed by atoms with E-state index < -0.39 is 0 Å². The van der Waals surface area contributed by atoms with E-state index in [1.54, 1.807) is 12.4 Å². The number of nitrogens with one attached hydrogen (secondary N) is 1. The van der Waals surface area contributed by atoms with Crippen molar-refractivity contribution in [2.45, 2.75) is 38.5 Å². The molecule has 3 aliphatic heterocycles. The van der Waals surface area contributed by atoms with Gasteiger partial charge in [0.25, 0.3) is 0 Å². The van der Waals surface area contributed by atoms with E-state index in [1.165, 1.54) is 11.1 Å². The quantitative estimate of drug-likeness (QED) is 0.582. The molecule has 0 radical (unpaired) electrons. The predicted molar refractivity (Wildman–Crippen MR) is 144 cm³/mol. The molecule has 2 fully saturated rings. The van der Waals surface area contributed by atoms with Crippen molar-refractivity contribution in [2.24, 2.45) is 0 Å². The Hall–Kier alpha value is -3.32. The zero-order chi connectivity index (χ0) is 25.4. The van der Waals surface area contributed by atoms with Crippen molar-refractivity contribution in [3.8, 4) is 6.07 Å². The summed E-state index contributed by atoms with van der Waals surface area (Å²) < 4.78 is 6.38. The van der Waals surface area contributed by atoms with Crippen LogP contribution in [0, 0.1) is 11.3 Å². The molecule has 9 nitrogen and oxygen atoms in total. The summed E-state index contributed by atoms with van der Waals surface area (Å²) in [5, 5.41) is 13.0. The molecule has 0 amide bonds. The van der Waals surface area contributed by atoms with Crippen LogP contribution in [-0.4, -0.2) is 84.4 Å². The van der Waals surface area contributed by atoms with E-state index in [4.69, 9.17) is 9.72 Å². The van der Waals surface area contributed by atoms with Gasteiger partial charge in [0.05, 0.1) is 23.5 Å². The van der Waals surface area contributed by atoms with Gasteiger partial charge in [-0.3, -0.25) is 14.9 Å². The normalized spacial score (nSPS) is 24.6. The largest absolute Gasteiger partial charge is 0.370 e. The molecule has 1 aromatic carbocycles. The van der Waals surface area contributed by atoms with Crippen LogP contribution in [0.4, 0.5) is 11.5 Å². The summed E-state index contributed by atoms with van der Waals surface area (Å²) >= 11 is 0. The van der Waals surface area contributed by atoms with Gasteiger partial charge in [-0.2, -0.15) is 5.26 Å². The number of nitrogens with zero attached hydrogens (tertiary/aromatic N) is 7. The molecule has 1 N–H and O–H groups in total. The maximum absolute atomic E-state index is 9.49. The van der Waals surface area contributed by atoms with Crippen LogP contribution in [0.25, 0.3) is 11.0 Å². The summed E-state index contributed by atoms with van der Waals surface area (Å²) in [6.45, 7) is 11.8. The summed E-state index contributed by atoms with van der Waals surface area (Å²) in [7, 11) is 0. The molecule has 6 rings (SSSR count). The Bertz CT molecular complexity index is 1320. The molecule has 0 unspecified atom stereocenters. The van der Waals surface area contributed by atoms with Crippen LogP contribution >= 0.6 is 0 Å². The molecule has 192 valence electrons. The fourth-order valence-electron chi connectivity index (χ4n) is 5.99. The molecular weight excluding hydrogens is 464 g/mol. The molecular formula is C28H34N8O. The van der Waals surface area contributed by atoms with Gasteiger partial charge in [0.2, 0.25) is 0 Å². The summed E-state index contributed by atoms with van der Waals surface area (Å²) in [6, 6.07) is 8.79. The number of piperazine rings is 1. The van der Waals surface area contributed by atoms with Gasteiger partial charge in [0.1, 0.15) is 22.9 Å². The van der Waals surface area contributed by atoms with Gasteiger partial charge in [-0.1, -0.05) is 0 Å². The number of aromatic nitrogens is 3. The fourth-order valence-corrected chi connectivity index (χ4v) is 5.99. The van der Waals surface area contributed by atoms with Crippen LogP contribution < -0.4 is 15.1 Å². The summed E-state index contributed by atoms with van der Waals surface area (Å²) in [5.41, 5.74) is 5.80. The third-order valence-corrected chi connectivity index (χ3v) is 7.87. The van der Waals surface area contributed by atoms with Gasteiger partial charge in [0.15, 0.2) is 0 Å². The van der Waals surface area contributed by atoms with Gasteiger partial charge < -0.3 is 19.9 Å². The first-order chi connectivity index (χ1) is 18.1. The zero-order valence-corrected chi connectivity index (χ0v) is 21.6. The second-order valence-corrected chi connectivity index (χ2v) is 10.4. The lowest BCUT2D eigenvalue weighted by atomic mass is 9.97. The summed E-state index contributed by atoms with van der Waals surface area (Å²) in [6.07, 6.45) is 6.70. The molecule has 3 atom stereocenters. The minimum Gasteiger partial charge on any atom is -0.370 e. The lowest BCUT2D eigenvalue weighted by Crippen LogP contribution is -2.54. The predicted octanol–water partition coefficient (Wildman–Crippen LogP) is 2.52. The minimum absolute atomic E-state index is 0.105. The van der Waals surface area contributed by atoms with E-state index >= 15 is 0 Å². The Morgan fingerprint density at radius 2 is 1.84 bits per heavy atom. The van der Waals surface area contributed by atoms with Crippen LogP contribution in [0.15, 0.2) is 36.8 Å². The topological polar surface area (TPSA) is 93.4 Å². The third-order valence-electron chi connectivity index (χ3n) is 7.87.